The van der Waals surface area contributed by atoms with Crippen molar-refractivity contribution in [1.29, 1.82) is 0 Å². The van der Waals surface area contributed by atoms with Crippen LogP contribution in [0.5, 0.6) is 0 Å². The quantitative estimate of drug-likeness (QED) is 0.752. The van der Waals surface area contributed by atoms with E-state index in [1.807, 2.05) is 0 Å². The molecule has 0 unspecified atom stereocenters. The van der Waals surface area contributed by atoms with Gasteiger partial charge in [0, 0.05) is 6.54 Å². The third-order valence-electron chi connectivity index (χ3n) is 3.68. The Balaban J connectivity index is 2.63. The zero-order valence-corrected chi connectivity index (χ0v) is 13.0. The molecule has 0 aromatic carbocycles. The second-order valence-electron chi connectivity index (χ2n) is 6.96. The van der Waals surface area contributed by atoms with Crippen LogP contribution in [0.3, 0.4) is 0 Å². The van der Waals surface area contributed by atoms with Crippen LogP contribution in [0.15, 0.2) is 0 Å². The molecule has 4 nitrogen and oxygen atoms in total. The van der Waals surface area contributed by atoms with Crippen LogP contribution >= 0.6 is 0 Å². The predicted molar refractivity (Wildman–Crippen MR) is 76.7 cm³/mol. The molecule has 0 radical (unpaired) electrons. The van der Waals surface area contributed by atoms with E-state index in [4.69, 9.17) is 0 Å². The fraction of sp³-hybridized carbons (Fsp3) is 0.867. The van der Waals surface area contributed by atoms with Crippen molar-refractivity contribution in [2.24, 2.45) is 5.41 Å². The Bertz CT molecular complexity index is 348. The summed E-state index contributed by atoms with van der Waals surface area (Å²) in [5.74, 6) is -0.0374. The van der Waals surface area contributed by atoms with E-state index in [2.05, 4.69) is 26.1 Å². The molecule has 19 heavy (non-hydrogen) atoms. The summed E-state index contributed by atoms with van der Waals surface area (Å²) in [6.07, 6.45) is 4.70. The van der Waals surface area contributed by atoms with Crippen molar-refractivity contribution in [3.05, 3.63) is 0 Å². The number of hydrogen-bond donors (Lipinski definition) is 1. The molecule has 1 rings (SSSR count). The Morgan fingerprint density at radius 3 is 2.47 bits per heavy atom. The second kappa shape index (κ2) is 5.93. The van der Waals surface area contributed by atoms with Crippen LogP contribution in [0.2, 0.25) is 0 Å². The molecule has 1 aliphatic rings. The number of amides is 2. The van der Waals surface area contributed by atoms with Gasteiger partial charge in [-0.3, -0.25) is 9.59 Å². The molecule has 0 aromatic rings. The Hall–Kier alpha value is -1.06. The van der Waals surface area contributed by atoms with Crippen LogP contribution in [0.4, 0.5) is 0 Å². The Morgan fingerprint density at radius 1 is 1.26 bits per heavy atom. The number of hydrogen-bond acceptors (Lipinski definition) is 2. The van der Waals surface area contributed by atoms with E-state index in [1.54, 1.807) is 18.7 Å². The molecule has 0 spiro atoms. The Labute approximate surface area is 116 Å². The monoisotopic (exact) mass is 268 g/mol. The van der Waals surface area contributed by atoms with Crippen molar-refractivity contribution in [2.45, 2.75) is 65.8 Å². The average molecular weight is 268 g/mol. The summed E-state index contributed by atoms with van der Waals surface area (Å²) in [6.45, 7) is 10.9. The van der Waals surface area contributed by atoms with Crippen molar-refractivity contribution in [3.8, 4) is 0 Å². The van der Waals surface area contributed by atoms with Crippen LogP contribution in [0.1, 0.15) is 60.3 Å². The fourth-order valence-electron chi connectivity index (χ4n) is 2.66. The van der Waals surface area contributed by atoms with E-state index in [1.165, 1.54) is 19.3 Å². The van der Waals surface area contributed by atoms with Gasteiger partial charge in [-0.2, -0.15) is 0 Å². The average Bonchev–Trinajstić information content (AvgIpc) is 2.24. The number of carbonyl (C=O) groups is 2. The van der Waals surface area contributed by atoms with E-state index < -0.39 is 5.54 Å². The first-order valence-electron chi connectivity index (χ1n) is 7.28. The van der Waals surface area contributed by atoms with Gasteiger partial charge in [0.2, 0.25) is 11.8 Å². The number of nitrogens with zero attached hydrogens (tertiary/aromatic N) is 1. The molecule has 1 fully saturated rings. The lowest BCUT2D eigenvalue weighted by Gasteiger charge is -2.41. The minimum Gasteiger partial charge on any atom is -0.341 e. The van der Waals surface area contributed by atoms with E-state index in [-0.39, 0.29) is 23.8 Å². The summed E-state index contributed by atoms with van der Waals surface area (Å²) < 4.78 is 0. The molecule has 1 N–H and O–H groups in total. The maximum atomic E-state index is 12.3. The molecule has 4 heteroatoms. The molecule has 1 saturated heterocycles. The minimum absolute atomic E-state index is 0.0238. The first-order valence-corrected chi connectivity index (χ1v) is 7.28. The summed E-state index contributed by atoms with van der Waals surface area (Å²) in [5, 5.41) is 2.74. The summed E-state index contributed by atoms with van der Waals surface area (Å²) in [6, 6.07) is 0. The summed E-state index contributed by atoms with van der Waals surface area (Å²) in [5.41, 5.74) is -0.701. The molecular formula is C15H28N2O2. The topological polar surface area (TPSA) is 49.4 Å². The molecule has 1 heterocycles. The molecule has 110 valence electrons. The number of unbranched alkanes of at least 4 members (excludes halogenated alkanes) is 2. The van der Waals surface area contributed by atoms with Crippen molar-refractivity contribution in [3.63, 3.8) is 0 Å². The third kappa shape index (κ3) is 4.51. The molecule has 0 aliphatic carbocycles. The van der Waals surface area contributed by atoms with E-state index in [0.29, 0.717) is 6.54 Å². The van der Waals surface area contributed by atoms with Gasteiger partial charge in [0.15, 0.2) is 0 Å². The lowest BCUT2D eigenvalue weighted by molar-refractivity contribution is -0.149. The Kier molecular flexibility index (Phi) is 4.99. The third-order valence-corrected chi connectivity index (χ3v) is 3.68. The van der Waals surface area contributed by atoms with E-state index in [0.717, 1.165) is 6.42 Å². The normalized spacial score (nSPS) is 19.5. The zero-order chi connectivity index (χ0) is 14.7. The predicted octanol–water partition coefficient (Wildman–Crippen LogP) is 2.33. The number of piperazine rings is 1. The van der Waals surface area contributed by atoms with Crippen LogP contribution in [0, 0.1) is 5.41 Å². The van der Waals surface area contributed by atoms with Gasteiger partial charge >= 0.3 is 0 Å². The van der Waals surface area contributed by atoms with Crippen molar-refractivity contribution in [1.82, 2.24) is 10.2 Å². The van der Waals surface area contributed by atoms with Gasteiger partial charge in [0.05, 0.1) is 6.54 Å². The molecule has 1 aliphatic heterocycles. The second-order valence-corrected chi connectivity index (χ2v) is 6.96. The van der Waals surface area contributed by atoms with Crippen LogP contribution < -0.4 is 5.32 Å². The molecule has 0 saturated carbocycles. The highest BCUT2D eigenvalue weighted by Gasteiger charge is 2.40. The molecule has 2 amide bonds. The highest BCUT2D eigenvalue weighted by Crippen LogP contribution is 2.27. The van der Waals surface area contributed by atoms with Crippen molar-refractivity contribution < 1.29 is 9.59 Å². The molecular weight excluding hydrogens is 240 g/mol. The number of rotatable bonds is 6. The first-order chi connectivity index (χ1) is 8.68. The highest BCUT2D eigenvalue weighted by molar-refractivity contribution is 5.97. The maximum absolute atomic E-state index is 12.3. The lowest BCUT2D eigenvalue weighted by atomic mass is 9.85. The fourth-order valence-corrected chi connectivity index (χ4v) is 2.66. The van der Waals surface area contributed by atoms with Crippen LogP contribution in [0.25, 0.3) is 0 Å². The van der Waals surface area contributed by atoms with Gasteiger partial charge in [0.1, 0.15) is 5.54 Å². The summed E-state index contributed by atoms with van der Waals surface area (Å²) in [4.78, 5) is 25.7. The SMILES string of the molecule is CCCCCC(C)(C)CN1CC(=O)NC(C)(C)C1=O. The summed E-state index contributed by atoms with van der Waals surface area (Å²) in [7, 11) is 0. The van der Waals surface area contributed by atoms with Gasteiger partial charge in [-0.15, -0.1) is 0 Å². The van der Waals surface area contributed by atoms with Crippen LogP contribution in [-0.2, 0) is 9.59 Å². The number of carbonyl (C=O) groups excluding carboxylic acids is 2. The number of nitrogens with one attached hydrogen (secondary N) is 1. The lowest BCUT2D eigenvalue weighted by Crippen LogP contribution is -2.64. The van der Waals surface area contributed by atoms with Crippen molar-refractivity contribution >= 4 is 11.8 Å². The zero-order valence-electron chi connectivity index (χ0n) is 13.0. The van der Waals surface area contributed by atoms with Crippen molar-refractivity contribution in [2.75, 3.05) is 13.1 Å². The minimum atomic E-state index is -0.769. The molecule has 0 atom stereocenters. The largest absolute Gasteiger partial charge is 0.341 e. The summed E-state index contributed by atoms with van der Waals surface area (Å²) >= 11 is 0. The van der Waals surface area contributed by atoms with Gasteiger partial charge in [-0.05, 0) is 25.7 Å². The standard InChI is InChI=1S/C15H28N2O2/c1-6-7-8-9-14(2,3)11-17-10-12(18)16-15(4,5)13(17)19/h6-11H2,1-5H3,(H,16,18). The molecule has 0 bridgehead atoms. The highest BCUT2D eigenvalue weighted by atomic mass is 16.2. The van der Waals surface area contributed by atoms with E-state index in [9.17, 15) is 9.59 Å². The van der Waals surface area contributed by atoms with Gasteiger partial charge in [0.25, 0.3) is 0 Å². The smallest absolute Gasteiger partial charge is 0.248 e. The van der Waals surface area contributed by atoms with Gasteiger partial charge in [-0.25, -0.2) is 0 Å². The Morgan fingerprint density at radius 2 is 1.89 bits per heavy atom. The maximum Gasteiger partial charge on any atom is 0.248 e. The first kappa shape index (κ1) is 16.0. The van der Waals surface area contributed by atoms with Gasteiger partial charge in [-0.1, -0.05) is 40.0 Å². The van der Waals surface area contributed by atoms with Gasteiger partial charge < -0.3 is 10.2 Å². The molecule has 0 aromatic heterocycles. The van der Waals surface area contributed by atoms with Crippen LogP contribution in [-0.4, -0.2) is 35.3 Å². The van der Waals surface area contributed by atoms with E-state index >= 15 is 0 Å².